The van der Waals surface area contributed by atoms with Crippen LogP contribution in [0.4, 0.5) is 0 Å². The van der Waals surface area contributed by atoms with Crippen LogP contribution in [0.15, 0.2) is 47.5 Å². The van der Waals surface area contributed by atoms with E-state index in [1.165, 1.54) is 12.3 Å². The van der Waals surface area contributed by atoms with Gasteiger partial charge in [0.1, 0.15) is 4.90 Å². The van der Waals surface area contributed by atoms with Gasteiger partial charge in [0.25, 0.3) is 10.0 Å². The molecule has 1 heterocycles. The summed E-state index contributed by atoms with van der Waals surface area (Å²) < 4.78 is 27.2. The lowest BCUT2D eigenvalue weighted by Gasteiger charge is -2.12. The van der Waals surface area contributed by atoms with Crippen molar-refractivity contribution in [3.05, 3.63) is 47.6 Å². The standard InChI is InChI=1S/C16H15ClN2O3S/c17-13-9-12-6-3-7-18-16(12)14(10-13)23(21,22)19-15(20)8-11-4-1-2-5-11/h1-3,6-7,9-11H,4-5,8H2,(H,19,20). The Morgan fingerprint density at radius 2 is 2.04 bits per heavy atom. The molecule has 1 N–H and O–H groups in total. The van der Waals surface area contributed by atoms with Crippen LogP contribution < -0.4 is 4.72 Å². The van der Waals surface area contributed by atoms with Gasteiger partial charge in [-0.2, -0.15) is 0 Å². The number of hydrogen-bond acceptors (Lipinski definition) is 4. The van der Waals surface area contributed by atoms with Gasteiger partial charge in [-0.1, -0.05) is 29.8 Å². The number of benzene rings is 1. The van der Waals surface area contributed by atoms with Crippen LogP contribution in [0.2, 0.25) is 5.02 Å². The number of amides is 1. The average Bonchev–Trinajstić information content (AvgIpc) is 2.98. The number of sulfonamides is 1. The molecule has 0 unspecified atom stereocenters. The Hall–Kier alpha value is -1.92. The van der Waals surface area contributed by atoms with Crippen molar-refractivity contribution in [2.45, 2.75) is 24.2 Å². The fraction of sp³-hybridized carbons (Fsp3) is 0.250. The zero-order chi connectivity index (χ0) is 16.4. The quantitative estimate of drug-likeness (QED) is 0.860. The Labute approximate surface area is 139 Å². The van der Waals surface area contributed by atoms with Gasteiger partial charge in [0.05, 0.1) is 5.52 Å². The van der Waals surface area contributed by atoms with Crippen LogP contribution in [0.5, 0.6) is 0 Å². The maximum atomic E-state index is 12.5. The molecule has 1 aliphatic carbocycles. The third kappa shape index (κ3) is 3.54. The second kappa shape index (κ2) is 6.29. The van der Waals surface area contributed by atoms with E-state index in [0.29, 0.717) is 10.9 Å². The minimum atomic E-state index is -4.02. The first kappa shape index (κ1) is 16.0. The molecule has 5 nitrogen and oxygen atoms in total. The highest BCUT2D eigenvalue weighted by Crippen LogP contribution is 2.26. The summed E-state index contributed by atoms with van der Waals surface area (Å²) in [5.41, 5.74) is 0.291. The Bertz CT molecular complexity index is 885. The molecular weight excluding hydrogens is 336 g/mol. The SMILES string of the molecule is O=C(CC1CC=CC1)NS(=O)(=O)c1cc(Cl)cc2cccnc12. The van der Waals surface area contributed by atoms with E-state index in [4.69, 9.17) is 11.6 Å². The van der Waals surface area contributed by atoms with Gasteiger partial charge in [0.2, 0.25) is 5.91 Å². The Kier molecular flexibility index (Phi) is 4.37. The molecule has 1 aromatic heterocycles. The molecule has 0 saturated carbocycles. The second-order valence-electron chi connectivity index (χ2n) is 5.52. The molecule has 0 saturated heterocycles. The highest BCUT2D eigenvalue weighted by atomic mass is 35.5. The number of allylic oxidation sites excluding steroid dienone is 2. The number of fused-ring (bicyclic) bond motifs is 1. The summed E-state index contributed by atoms with van der Waals surface area (Å²) in [4.78, 5) is 16.1. The lowest BCUT2D eigenvalue weighted by Crippen LogP contribution is -2.31. The summed E-state index contributed by atoms with van der Waals surface area (Å²) >= 11 is 5.99. The molecule has 0 bridgehead atoms. The summed E-state index contributed by atoms with van der Waals surface area (Å²) in [6, 6.07) is 6.36. The largest absolute Gasteiger partial charge is 0.274 e. The van der Waals surface area contributed by atoms with Gasteiger partial charge in [0.15, 0.2) is 0 Å². The molecule has 2 aromatic rings. The maximum absolute atomic E-state index is 12.5. The lowest BCUT2D eigenvalue weighted by molar-refractivity contribution is -0.120. The van der Waals surface area contributed by atoms with Gasteiger partial charge >= 0.3 is 0 Å². The molecule has 0 atom stereocenters. The Balaban J connectivity index is 1.89. The van der Waals surface area contributed by atoms with Gasteiger partial charge < -0.3 is 0 Å². The first-order valence-electron chi connectivity index (χ1n) is 7.20. The number of pyridine rings is 1. The number of aromatic nitrogens is 1. The van der Waals surface area contributed by atoms with Crippen LogP contribution in [0.3, 0.4) is 0 Å². The summed E-state index contributed by atoms with van der Waals surface area (Å²) in [7, 11) is -4.02. The zero-order valence-electron chi connectivity index (χ0n) is 12.2. The first-order chi connectivity index (χ1) is 11.0. The van der Waals surface area contributed by atoms with Gasteiger partial charge in [0, 0.05) is 23.0 Å². The summed E-state index contributed by atoms with van der Waals surface area (Å²) in [5, 5.41) is 0.881. The molecule has 0 aliphatic heterocycles. The van der Waals surface area contributed by atoms with Crippen molar-refractivity contribution in [3.8, 4) is 0 Å². The highest BCUT2D eigenvalue weighted by molar-refractivity contribution is 7.90. The third-order valence-corrected chi connectivity index (χ3v) is 5.36. The minimum Gasteiger partial charge on any atom is -0.274 e. The van der Waals surface area contributed by atoms with Crippen molar-refractivity contribution in [1.29, 1.82) is 0 Å². The molecule has 0 fully saturated rings. The highest BCUT2D eigenvalue weighted by Gasteiger charge is 2.24. The van der Waals surface area contributed by atoms with Gasteiger partial charge in [-0.15, -0.1) is 0 Å². The van der Waals surface area contributed by atoms with E-state index in [0.717, 1.165) is 12.8 Å². The second-order valence-corrected chi connectivity index (χ2v) is 7.61. The van der Waals surface area contributed by atoms with Crippen molar-refractivity contribution in [1.82, 2.24) is 9.71 Å². The fourth-order valence-electron chi connectivity index (χ4n) is 2.68. The van der Waals surface area contributed by atoms with Crippen LogP contribution in [-0.2, 0) is 14.8 Å². The van der Waals surface area contributed by atoms with Crippen LogP contribution in [0.1, 0.15) is 19.3 Å². The molecule has 23 heavy (non-hydrogen) atoms. The van der Waals surface area contributed by atoms with Crippen LogP contribution in [0, 0.1) is 5.92 Å². The topological polar surface area (TPSA) is 76.1 Å². The van der Waals surface area contributed by atoms with E-state index >= 15 is 0 Å². The smallest absolute Gasteiger partial charge is 0.266 e. The third-order valence-electron chi connectivity index (χ3n) is 3.75. The van der Waals surface area contributed by atoms with E-state index in [1.807, 2.05) is 12.2 Å². The minimum absolute atomic E-state index is 0.0847. The van der Waals surface area contributed by atoms with Crippen molar-refractivity contribution >= 4 is 38.4 Å². The van der Waals surface area contributed by atoms with Crippen molar-refractivity contribution in [2.75, 3.05) is 0 Å². The Morgan fingerprint density at radius 3 is 2.78 bits per heavy atom. The van der Waals surface area contributed by atoms with E-state index < -0.39 is 15.9 Å². The monoisotopic (exact) mass is 350 g/mol. The number of hydrogen-bond donors (Lipinski definition) is 1. The average molecular weight is 351 g/mol. The van der Waals surface area contributed by atoms with Crippen molar-refractivity contribution < 1.29 is 13.2 Å². The molecule has 0 spiro atoms. The molecule has 1 aromatic carbocycles. The predicted octanol–water partition coefficient (Wildman–Crippen LogP) is 3.05. The summed E-state index contributed by atoms with van der Waals surface area (Å²) in [6.07, 6.45) is 7.28. The van der Waals surface area contributed by atoms with Crippen molar-refractivity contribution in [2.24, 2.45) is 5.92 Å². The van der Waals surface area contributed by atoms with E-state index in [1.54, 1.807) is 18.2 Å². The number of rotatable bonds is 4. The molecular formula is C16H15ClN2O3S. The number of halogens is 1. The maximum Gasteiger partial charge on any atom is 0.266 e. The van der Waals surface area contributed by atoms with Gasteiger partial charge in [-0.05, 0) is 37.0 Å². The fourth-order valence-corrected chi connectivity index (χ4v) is 4.17. The number of nitrogens with zero attached hydrogens (tertiary/aromatic N) is 1. The van der Waals surface area contributed by atoms with E-state index in [2.05, 4.69) is 9.71 Å². The van der Waals surface area contributed by atoms with Crippen LogP contribution in [-0.4, -0.2) is 19.3 Å². The van der Waals surface area contributed by atoms with E-state index in [-0.39, 0.29) is 22.3 Å². The molecule has 1 amide bonds. The summed E-state index contributed by atoms with van der Waals surface area (Å²) in [5.74, 6) is -0.345. The number of carbonyl (C=O) groups excluding carboxylic acids is 1. The molecule has 7 heteroatoms. The van der Waals surface area contributed by atoms with Crippen LogP contribution >= 0.6 is 11.6 Å². The summed E-state index contributed by atoms with van der Waals surface area (Å²) in [6.45, 7) is 0. The molecule has 120 valence electrons. The lowest BCUT2D eigenvalue weighted by atomic mass is 10.0. The zero-order valence-corrected chi connectivity index (χ0v) is 13.8. The van der Waals surface area contributed by atoms with Crippen molar-refractivity contribution in [3.63, 3.8) is 0 Å². The molecule has 1 aliphatic rings. The Morgan fingerprint density at radius 1 is 1.30 bits per heavy atom. The van der Waals surface area contributed by atoms with E-state index in [9.17, 15) is 13.2 Å². The predicted molar refractivity (Wildman–Crippen MR) is 88.6 cm³/mol. The normalized spacial score (nSPS) is 15.2. The number of carbonyl (C=O) groups is 1. The molecule has 0 radical (unpaired) electrons. The van der Waals surface area contributed by atoms with Gasteiger partial charge in [-0.3, -0.25) is 9.78 Å². The van der Waals surface area contributed by atoms with Crippen LogP contribution in [0.25, 0.3) is 10.9 Å². The first-order valence-corrected chi connectivity index (χ1v) is 9.07. The number of nitrogens with one attached hydrogen (secondary N) is 1. The van der Waals surface area contributed by atoms with Gasteiger partial charge in [-0.25, -0.2) is 13.1 Å². The molecule has 3 rings (SSSR count).